The van der Waals surface area contributed by atoms with E-state index in [2.05, 4.69) is 0 Å². The Kier molecular flexibility index (Phi) is 5.92. The first kappa shape index (κ1) is 15.0. The predicted molar refractivity (Wildman–Crippen MR) is 74.4 cm³/mol. The molecule has 17 heavy (non-hydrogen) atoms. The van der Waals surface area contributed by atoms with E-state index in [1.54, 1.807) is 18.4 Å². The van der Waals surface area contributed by atoms with Gasteiger partial charge >= 0.3 is 0 Å². The van der Waals surface area contributed by atoms with E-state index in [1.165, 1.54) is 9.18 Å². The molecule has 1 unspecified atom stereocenters. The average molecular weight is 296 g/mol. The van der Waals surface area contributed by atoms with Gasteiger partial charge in [0.2, 0.25) is 10.0 Å². The van der Waals surface area contributed by atoms with E-state index in [4.69, 9.17) is 11.6 Å². The largest absolute Gasteiger partial charge is 0.214 e. The van der Waals surface area contributed by atoms with E-state index in [9.17, 15) is 8.42 Å². The van der Waals surface area contributed by atoms with Crippen LogP contribution < -0.4 is 0 Å². The maximum atomic E-state index is 11.9. The van der Waals surface area contributed by atoms with Crippen LogP contribution in [0.3, 0.4) is 0 Å². The highest BCUT2D eigenvalue weighted by molar-refractivity contribution is 7.89. The quantitative estimate of drug-likeness (QED) is 0.725. The molecule has 3 nitrogen and oxygen atoms in total. The van der Waals surface area contributed by atoms with Crippen molar-refractivity contribution in [3.05, 3.63) is 22.4 Å². The lowest BCUT2D eigenvalue weighted by atomic mass is 10.2. The van der Waals surface area contributed by atoms with Gasteiger partial charge in [0.25, 0.3) is 0 Å². The molecule has 0 spiro atoms. The molecule has 0 aliphatic heterocycles. The number of halogens is 1. The van der Waals surface area contributed by atoms with Gasteiger partial charge < -0.3 is 0 Å². The van der Waals surface area contributed by atoms with Crippen LogP contribution in [0.4, 0.5) is 0 Å². The summed E-state index contributed by atoms with van der Waals surface area (Å²) in [6, 6.07) is 3.99. The van der Waals surface area contributed by atoms with Gasteiger partial charge in [-0.15, -0.1) is 22.9 Å². The molecule has 1 aromatic rings. The topological polar surface area (TPSA) is 37.4 Å². The SMILES string of the molecule is CC(Cc1cccs1)N(C)S(=O)(=O)CCCCl. The molecule has 0 N–H and O–H groups in total. The number of thiophene rings is 1. The van der Waals surface area contributed by atoms with Crippen molar-refractivity contribution in [1.29, 1.82) is 0 Å². The molecular weight excluding hydrogens is 278 g/mol. The molecule has 1 aromatic heterocycles. The fraction of sp³-hybridized carbons (Fsp3) is 0.636. The van der Waals surface area contributed by atoms with E-state index < -0.39 is 10.0 Å². The third-order valence-corrected chi connectivity index (χ3v) is 5.88. The van der Waals surface area contributed by atoms with Crippen LogP contribution in [-0.4, -0.2) is 37.4 Å². The zero-order valence-electron chi connectivity index (χ0n) is 10.1. The molecule has 98 valence electrons. The highest BCUT2D eigenvalue weighted by Crippen LogP contribution is 2.15. The zero-order chi connectivity index (χ0) is 12.9. The number of nitrogens with zero attached hydrogens (tertiary/aromatic N) is 1. The van der Waals surface area contributed by atoms with Gasteiger partial charge in [0.1, 0.15) is 0 Å². The van der Waals surface area contributed by atoms with Crippen molar-refractivity contribution in [2.24, 2.45) is 0 Å². The van der Waals surface area contributed by atoms with Gasteiger partial charge in [-0.3, -0.25) is 0 Å². The van der Waals surface area contributed by atoms with Crippen LogP contribution in [0.5, 0.6) is 0 Å². The summed E-state index contributed by atoms with van der Waals surface area (Å²) in [5, 5.41) is 2.00. The van der Waals surface area contributed by atoms with Gasteiger partial charge in [0, 0.05) is 23.8 Å². The highest BCUT2D eigenvalue weighted by atomic mass is 35.5. The van der Waals surface area contributed by atoms with Crippen LogP contribution in [0.1, 0.15) is 18.2 Å². The monoisotopic (exact) mass is 295 g/mol. The van der Waals surface area contributed by atoms with E-state index >= 15 is 0 Å². The maximum absolute atomic E-state index is 11.9. The van der Waals surface area contributed by atoms with E-state index in [0.717, 1.165) is 6.42 Å². The molecule has 1 heterocycles. The van der Waals surface area contributed by atoms with Crippen molar-refractivity contribution in [3.63, 3.8) is 0 Å². The molecule has 0 aliphatic carbocycles. The molecule has 0 amide bonds. The molecule has 0 radical (unpaired) electrons. The molecule has 1 rings (SSSR count). The lowest BCUT2D eigenvalue weighted by Crippen LogP contribution is -2.37. The summed E-state index contributed by atoms with van der Waals surface area (Å²) < 4.78 is 25.3. The lowest BCUT2D eigenvalue weighted by Gasteiger charge is -2.23. The lowest BCUT2D eigenvalue weighted by molar-refractivity contribution is 0.388. The van der Waals surface area contributed by atoms with Gasteiger partial charge in [0.15, 0.2) is 0 Å². The smallest absolute Gasteiger partial charge is 0.212 e. The van der Waals surface area contributed by atoms with Crippen molar-refractivity contribution in [3.8, 4) is 0 Å². The highest BCUT2D eigenvalue weighted by Gasteiger charge is 2.22. The fourth-order valence-electron chi connectivity index (χ4n) is 1.50. The van der Waals surface area contributed by atoms with Gasteiger partial charge in [-0.1, -0.05) is 6.07 Å². The Morgan fingerprint density at radius 2 is 2.24 bits per heavy atom. The van der Waals surface area contributed by atoms with Gasteiger partial charge in [0.05, 0.1) is 5.75 Å². The number of hydrogen-bond acceptors (Lipinski definition) is 3. The van der Waals surface area contributed by atoms with Crippen LogP contribution >= 0.6 is 22.9 Å². The van der Waals surface area contributed by atoms with E-state index in [0.29, 0.717) is 12.3 Å². The Morgan fingerprint density at radius 1 is 1.53 bits per heavy atom. The number of hydrogen-bond donors (Lipinski definition) is 0. The summed E-state index contributed by atoms with van der Waals surface area (Å²) >= 11 is 7.18. The molecule has 6 heteroatoms. The molecule has 0 saturated heterocycles. The molecule has 1 atom stereocenters. The molecule has 0 bridgehead atoms. The third-order valence-electron chi connectivity index (χ3n) is 2.67. The number of sulfonamides is 1. The summed E-state index contributed by atoms with van der Waals surface area (Å²) in [5.41, 5.74) is 0. The van der Waals surface area contributed by atoms with Gasteiger partial charge in [-0.2, -0.15) is 0 Å². The second-order valence-electron chi connectivity index (χ2n) is 4.01. The Morgan fingerprint density at radius 3 is 2.76 bits per heavy atom. The average Bonchev–Trinajstić information content (AvgIpc) is 2.78. The Balaban J connectivity index is 2.59. The molecular formula is C11H18ClNO2S2. The third kappa shape index (κ3) is 4.58. The normalized spacial score (nSPS) is 14.1. The Labute approximate surface area is 112 Å². The second-order valence-corrected chi connectivity index (χ2v) is 7.57. The number of likely N-dealkylation sites (N-methyl/N-ethyl adjacent to an activating group) is 1. The molecule has 0 aromatic carbocycles. The minimum atomic E-state index is -3.17. The first-order valence-corrected chi connectivity index (χ1v) is 8.53. The minimum Gasteiger partial charge on any atom is -0.212 e. The van der Waals surface area contributed by atoms with Crippen LogP contribution in [0.15, 0.2) is 17.5 Å². The van der Waals surface area contributed by atoms with Crippen molar-refractivity contribution < 1.29 is 8.42 Å². The molecule has 0 fully saturated rings. The van der Waals surface area contributed by atoms with Gasteiger partial charge in [-0.05, 0) is 31.2 Å². The molecule has 0 saturated carbocycles. The fourth-order valence-corrected chi connectivity index (χ4v) is 4.04. The van der Waals surface area contributed by atoms with Crippen LogP contribution in [-0.2, 0) is 16.4 Å². The van der Waals surface area contributed by atoms with Crippen LogP contribution in [0, 0.1) is 0 Å². The van der Waals surface area contributed by atoms with Gasteiger partial charge in [-0.25, -0.2) is 12.7 Å². The van der Waals surface area contributed by atoms with Crippen molar-refractivity contribution >= 4 is 33.0 Å². The first-order chi connectivity index (χ1) is 7.97. The van der Waals surface area contributed by atoms with Crippen LogP contribution in [0.2, 0.25) is 0 Å². The predicted octanol–water partition coefficient (Wildman–Crippen LogP) is 2.57. The van der Waals surface area contributed by atoms with E-state index in [1.807, 2.05) is 24.4 Å². The summed E-state index contributed by atoms with van der Waals surface area (Å²) in [7, 11) is -1.53. The summed E-state index contributed by atoms with van der Waals surface area (Å²) in [6.45, 7) is 1.93. The van der Waals surface area contributed by atoms with E-state index in [-0.39, 0.29) is 11.8 Å². The zero-order valence-corrected chi connectivity index (χ0v) is 12.5. The van der Waals surface area contributed by atoms with Crippen molar-refractivity contribution in [2.45, 2.75) is 25.8 Å². The van der Waals surface area contributed by atoms with Crippen LogP contribution in [0.25, 0.3) is 0 Å². The summed E-state index contributed by atoms with van der Waals surface area (Å²) in [5.74, 6) is 0.508. The Hall–Kier alpha value is -0.100. The number of rotatable bonds is 7. The Bertz CT molecular complexity index is 417. The number of alkyl halides is 1. The second kappa shape index (κ2) is 6.73. The minimum absolute atomic E-state index is 0.0195. The van der Waals surface area contributed by atoms with Crippen molar-refractivity contribution in [2.75, 3.05) is 18.7 Å². The van der Waals surface area contributed by atoms with Crippen molar-refractivity contribution in [1.82, 2.24) is 4.31 Å². The standard InChI is InChI=1S/C11H18ClNO2S2/c1-10(9-11-5-3-7-16-11)13(2)17(14,15)8-4-6-12/h3,5,7,10H,4,6,8-9H2,1-2H3. The first-order valence-electron chi connectivity index (χ1n) is 5.51. The molecule has 0 aliphatic rings. The summed E-state index contributed by atoms with van der Waals surface area (Å²) in [6.07, 6.45) is 1.26. The summed E-state index contributed by atoms with van der Waals surface area (Å²) in [4.78, 5) is 1.21. The maximum Gasteiger partial charge on any atom is 0.214 e.